The van der Waals surface area contributed by atoms with Crippen LogP contribution in [0.15, 0.2) is 39.9 Å². The van der Waals surface area contributed by atoms with Crippen molar-refractivity contribution in [2.75, 3.05) is 27.6 Å². The first kappa shape index (κ1) is 20.5. The molecular weight excluding hydrogens is 446 g/mol. The van der Waals surface area contributed by atoms with Crippen LogP contribution >= 0.6 is 15.9 Å². The molecule has 1 aliphatic rings. The highest BCUT2D eigenvalue weighted by Gasteiger charge is 2.16. The van der Waals surface area contributed by atoms with Gasteiger partial charge in [-0.2, -0.15) is 5.10 Å². The molecule has 1 heterocycles. The summed E-state index contributed by atoms with van der Waals surface area (Å²) >= 11 is 3.38. The monoisotopic (exact) mass is 463 g/mol. The van der Waals surface area contributed by atoms with Gasteiger partial charge in [0.1, 0.15) is 11.5 Å². The first-order valence-corrected chi connectivity index (χ1v) is 9.22. The van der Waals surface area contributed by atoms with Crippen LogP contribution in [0, 0.1) is 0 Å². The third-order valence-corrected chi connectivity index (χ3v) is 4.56. The molecule has 29 heavy (non-hydrogen) atoms. The minimum Gasteiger partial charge on any atom is -0.496 e. The van der Waals surface area contributed by atoms with Crippen LogP contribution in [-0.4, -0.2) is 45.6 Å². The molecule has 0 saturated heterocycles. The first-order chi connectivity index (χ1) is 14.0. The van der Waals surface area contributed by atoms with Crippen LogP contribution in [0.5, 0.6) is 23.0 Å². The third-order valence-electron chi connectivity index (χ3n) is 3.94. The van der Waals surface area contributed by atoms with Crippen molar-refractivity contribution in [1.82, 2.24) is 10.7 Å². The van der Waals surface area contributed by atoms with E-state index in [-0.39, 0.29) is 13.3 Å². The zero-order valence-corrected chi connectivity index (χ0v) is 17.2. The van der Waals surface area contributed by atoms with Gasteiger partial charge >= 0.3 is 0 Å². The molecule has 10 heteroatoms. The Bertz CT molecular complexity index is 963. The zero-order valence-electron chi connectivity index (χ0n) is 15.7. The molecule has 0 aromatic heterocycles. The van der Waals surface area contributed by atoms with E-state index in [1.807, 2.05) is 0 Å². The zero-order chi connectivity index (χ0) is 20.8. The summed E-state index contributed by atoms with van der Waals surface area (Å²) in [5, 5.41) is 6.41. The van der Waals surface area contributed by atoms with E-state index < -0.39 is 11.8 Å². The Hall–Kier alpha value is -3.27. The van der Waals surface area contributed by atoms with Crippen LogP contribution < -0.4 is 29.7 Å². The number of benzene rings is 2. The molecule has 2 aromatic rings. The summed E-state index contributed by atoms with van der Waals surface area (Å²) in [5.74, 6) is 1.30. The maximum Gasteiger partial charge on any atom is 0.259 e. The lowest BCUT2D eigenvalue weighted by atomic mass is 10.2. The number of hydrogen-bond donors (Lipinski definition) is 2. The van der Waals surface area contributed by atoms with E-state index in [4.69, 9.17) is 18.9 Å². The van der Waals surface area contributed by atoms with Gasteiger partial charge in [0.2, 0.25) is 6.79 Å². The summed E-state index contributed by atoms with van der Waals surface area (Å²) < 4.78 is 21.6. The SMILES string of the molecule is COc1cc(OC)c(/C=N/NC(=O)CNC(=O)c2ccc3c(c2)OCO3)cc1Br. The van der Waals surface area contributed by atoms with E-state index in [0.29, 0.717) is 38.6 Å². The smallest absolute Gasteiger partial charge is 0.259 e. The van der Waals surface area contributed by atoms with Crippen LogP contribution in [0.1, 0.15) is 15.9 Å². The highest BCUT2D eigenvalue weighted by molar-refractivity contribution is 9.10. The second kappa shape index (κ2) is 9.28. The summed E-state index contributed by atoms with van der Waals surface area (Å²) in [4.78, 5) is 24.1. The Morgan fingerprint density at radius 2 is 1.90 bits per heavy atom. The fraction of sp³-hybridized carbons (Fsp3) is 0.211. The van der Waals surface area contributed by atoms with Crippen LogP contribution in [-0.2, 0) is 4.79 Å². The fourth-order valence-electron chi connectivity index (χ4n) is 2.50. The van der Waals surface area contributed by atoms with Crippen LogP contribution in [0.25, 0.3) is 0 Å². The molecule has 0 radical (unpaired) electrons. The van der Waals surface area contributed by atoms with Gasteiger partial charge in [-0.15, -0.1) is 0 Å². The summed E-state index contributed by atoms with van der Waals surface area (Å²) in [5.41, 5.74) is 3.34. The number of hydrazone groups is 1. The Labute approximate surface area is 175 Å². The molecular formula is C19H18BrN3O6. The van der Waals surface area contributed by atoms with Gasteiger partial charge in [0.05, 0.1) is 31.5 Å². The lowest BCUT2D eigenvalue weighted by molar-refractivity contribution is -0.120. The number of rotatable bonds is 7. The predicted octanol–water partition coefficient (Wildman–Crippen LogP) is 2.08. The molecule has 9 nitrogen and oxygen atoms in total. The summed E-state index contributed by atoms with van der Waals surface area (Å²) in [6.07, 6.45) is 1.43. The quantitative estimate of drug-likeness (QED) is 0.480. The van der Waals surface area contributed by atoms with E-state index in [1.54, 1.807) is 37.4 Å². The molecule has 0 atom stereocenters. The second-order valence-corrected chi connectivity index (χ2v) is 6.63. The standard InChI is InChI=1S/C19H18BrN3O6/c1-26-15-7-16(27-2)13(20)5-12(15)8-22-23-18(24)9-21-19(25)11-3-4-14-17(6-11)29-10-28-14/h3-8H,9-10H2,1-2H3,(H,21,25)(H,23,24)/b22-8+. The molecule has 0 unspecified atom stereocenters. The van der Waals surface area contributed by atoms with Gasteiger partial charge in [-0.1, -0.05) is 0 Å². The molecule has 0 bridgehead atoms. The van der Waals surface area contributed by atoms with Crippen LogP contribution in [0.4, 0.5) is 0 Å². The highest BCUT2D eigenvalue weighted by Crippen LogP contribution is 2.33. The van der Waals surface area contributed by atoms with E-state index in [0.717, 1.165) is 0 Å². The van der Waals surface area contributed by atoms with Crippen molar-refractivity contribution >= 4 is 34.0 Å². The van der Waals surface area contributed by atoms with Crippen LogP contribution in [0.3, 0.4) is 0 Å². The van der Waals surface area contributed by atoms with Gasteiger partial charge in [-0.25, -0.2) is 5.43 Å². The van der Waals surface area contributed by atoms with Crippen molar-refractivity contribution in [3.63, 3.8) is 0 Å². The van der Waals surface area contributed by atoms with Crippen molar-refractivity contribution in [2.24, 2.45) is 5.10 Å². The van der Waals surface area contributed by atoms with Gasteiger partial charge in [0, 0.05) is 17.2 Å². The lowest BCUT2D eigenvalue weighted by Crippen LogP contribution is -2.34. The Morgan fingerprint density at radius 1 is 1.14 bits per heavy atom. The fourth-order valence-corrected chi connectivity index (χ4v) is 3.02. The van der Waals surface area contributed by atoms with Gasteiger partial charge in [-0.3, -0.25) is 9.59 Å². The lowest BCUT2D eigenvalue weighted by Gasteiger charge is -2.09. The average molecular weight is 464 g/mol. The largest absolute Gasteiger partial charge is 0.496 e. The van der Waals surface area contributed by atoms with Crippen molar-refractivity contribution in [3.05, 3.63) is 45.9 Å². The Kier molecular flexibility index (Phi) is 6.55. The third kappa shape index (κ3) is 4.96. The van der Waals surface area contributed by atoms with E-state index in [1.165, 1.54) is 13.3 Å². The van der Waals surface area contributed by atoms with E-state index >= 15 is 0 Å². The maximum atomic E-state index is 12.2. The molecule has 0 saturated carbocycles. The number of nitrogens with one attached hydrogen (secondary N) is 2. The average Bonchev–Trinajstić information content (AvgIpc) is 3.20. The number of ether oxygens (including phenoxy) is 4. The minimum absolute atomic E-state index is 0.121. The molecule has 2 aromatic carbocycles. The highest BCUT2D eigenvalue weighted by atomic mass is 79.9. The number of fused-ring (bicyclic) bond motifs is 1. The molecule has 2 N–H and O–H groups in total. The Balaban J connectivity index is 1.53. The summed E-state index contributed by atoms with van der Waals surface area (Å²) in [6, 6.07) is 8.23. The normalized spacial score (nSPS) is 12.0. The molecule has 152 valence electrons. The summed E-state index contributed by atoms with van der Waals surface area (Å²) in [6.45, 7) is -0.121. The molecule has 3 rings (SSSR count). The maximum absolute atomic E-state index is 12.2. The number of carbonyl (C=O) groups is 2. The van der Waals surface area contributed by atoms with Crippen molar-refractivity contribution in [3.8, 4) is 23.0 Å². The van der Waals surface area contributed by atoms with Gasteiger partial charge in [0.25, 0.3) is 11.8 Å². The minimum atomic E-state index is -0.484. The Morgan fingerprint density at radius 3 is 2.66 bits per heavy atom. The van der Waals surface area contributed by atoms with Gasteiger partial charge in [-0.05, 0) is 40.2 Å². The van der Waals surface area contributed by atoms with E-state index in [2.05, 4.69) is 31.8 Å². The van der Waals surface area contributed by atoms with E-state index in [9.17, 15) is 9.59 Å². The van der Waals surface area contributed by atoms with Gasteiger partial charge in [0.15, 0.2) is 11.5 Å². The van der Waals surface area contributed by atoms with Gasteiger partial charge < -0.3 is 24.3 Å². The molecule has 0 fully saturated rings. The van der Waals surface area contributed by atoms with Crippen LogP contribution in [0.2, 0.25) is 0 Å². The van der Waals surface area contributed by atoms with Crippen molar-refractivity contribution in [2.45, 2.75) is 0 Å². The molecule has 0 spiro atoms. The first-order valence-electron chi connectivity index (χ1n) is 8.43. The molecule has 0 aliphatic carbocycles. The van der Waals surface area contributed by atoms with Crippen molar-refractivity contribution < 1.29 is 28.5 Å². The number of hydrogen-bond acceptors (Lipinski definition) is 7. The number of carbonyl (C=O) groups excluding carboxylic acids is 2. The van der Waals surface area contributed by atoms with Crippen molar-refractivity contribution in [1.29, 1.82) is 0 Å². The number of nitrogens with zero attached hydrogens (tertiary/aromatic N) is 1. The number of methoxy groups -OCH3 is 2. The molecule has 2 amide bonds. The number of amides is 2. The topological polar surface area (TPSA) is 107 Å². The predicted molar refractivity (Wildman–Crippen MR) is 108 cm³/mol. The molecule has 1 aliphatic heterocycles. The second-order valence-electron chi connectivity index (χ2n) is 5.77. The summed E-state index contributed by atoms with van der Waals surface area (Å²) in [7, 11) is 3.07. The number of halogens is 1.